The largest absolute Gasteiger partial charge is 0.548 e. The van der Waals surface area contributed by atoms with E-state index in [-0.39, 0.29) is 19.8 Å². The molecule has 1 aromatic carbocycles. The number of ether oxygens (including phenoxy) is 3. The number of carboxylic acid groups (broad SMARTS) is 1. The van der Waals surface area contributed by atoms with Crippen molar-refractivity contribution in [3.8, 4) is 11.5 Å². The van der Waals surface area contributed by atoms with Gasteiger partial charge in [-0.05, 0) is 39.0 Å². The van der Waals surface area contributed by atoms with Crippen molar-refractivity contribution in [2.75, 3.05) is 13.3 Å². The molecule has 3 aliphatic heterocycles. The predicted octanol–water partition coefficient (Wildman–Crippen LogP) is 1.88. The Balaban J connectivity index is 1.57. The number of aliphatic hydroxyl groups excluding tert-OH is 1. The molecule has 3 heterocycles. The molecule has 0 amide bonds. The molecule has 9 nitrogen and oxygen atoms in total. The van der Waals surface area contributed by atoms with E-state index in [2.05, 4.69) is 5.16 Å². The fraction of sp³-hybridized carbons (Fsp3) is 0.526. The Morgan fingerprint density at radius 3 is 2.75 bits per heavy atom. The average molecular weight is 391 g/mol. The molecule has 2 atom stereocenters. The Labute approximate surface area is 161 Å². The number of aliphatic hydroxyl groups is 1. The molecule has 9 heteroatoms. The number of benzene rings is 1. The molecule has 3 aliphatic rings. The molecule has 1 aromatic rings. The highest BCUT2D eigenvalue weighted by Gasteiger charge is 2.58. The van der Waals surface area contributed by atoms with Crippen molar-refractivity contribution in [3.63, 3.8) is 0 Å². The summed E-state index contributed by atoms with van der Waals surface area (Å²) in [6.07, 6.45) is 0.171. The van der Waals surface area contributed by atoms with E-state index in [1.807, 2.05) is 18.2 Å². The summed E-state index contributed by atoms with van der Waals surface area (Å²) in [5.74, 6) is 0.262. The minimum Gasteiger partial charge on any atom is -0.476 e. The zero-order chi connectivity index (χ0) is 20.1. The van der Waals surface area contributed by atoms with Crippen LogP contribution in [0.2, 0.25) is 0 Å². The minimum absolute atomic E-state index is 0.156. The van der Waals surface area contributed by atoms with Gasteiger partial charge >= 0.3 is 12.1 Å². The normalized spacial score (nSPS) is 27.5. The maximum absolute atomic E-state index is 11.8. The van der Waals surface area contributed by atoms with Crippen LogP contribution in [0.3, 0.4) is 0 Å². The summed E-state index contributed by atoms with van der Waals surface area (Å²) in [7, 11) is 0. The lowest BCUT2D eigenvalue weighted by Gasteiger charge is -2.18. The maximum Gasteiger partial charge on any atom is 0.548 e. The standard InChI is InChI=1S/C19H22N2O7/c1-18(2,3)27-17(24)21-9-19(8-13(21)16(22)23)7-12(20-28-19)11-4-5-14-15(6-11)26-10-25-14/h4-6,13H,7-10H2,1-3H3,(H,22,23)/p+1/t13-,19+/m0/s1. The molecule has 0 unspecified atom stereocenters. The van der Waals surface area contributed by atoms with E-state index in [0.717, 1.165) is 5.56 Å². The van der Waals surface area contributed by atoms with Crippen molar-refractivity contribution in [1.82, 2.24) is 0 Å². The van der Waals surface area contributed by atoms with Crippen LogP contribution >= 0.6 is 0 Å². The van der Waals surface area contributed by atoms with E-state index in [1.54, 1.807) is 20.8 Å². The molecule has 0 bridgehead atoms. The summed E-state index contributed by atoms with van der Waals surface area (Å²) in [5.41, 5.74) is 0.0171. The van der Waals surface area contributed by atoms with Crippen molar-refractivity contribution in [2.24, 2.45) is 5.16 Å². The van der Waals surface area contributed by atoms with Gasteiger partial charge in [-0.15, -0.1) is 4.58 Å². The van der Waals surface area contributed by atoms with Gasteiger partial charge in [-0.3, -0.25) is 0 Å². The van der Waals surface area contributed by atoms with Crippen LogP contribution in [0.15, 0.2) is 23.4 Å². The first-order chi connectivity index (χ1) is 13.2. The summed E-state index contributed by atoms with van der Waals surface area (Å²) in [6.45, 7) is 5.67. The molecule has 0 saturated carbocycles. The van der Waals surface area contributed by atoms with Crippen LogP contribution in [0.25, 0.3) is 0 Å². The fourth-order valence-electron chi connectivity index (χ4n) is 3.65. The van der Waals surface area contributed by atoms with Crippen LogP contribution < -0.4 is 9.47 Å². The Morgan fingerprint density at radius 1 is 1.29 bits per heavy atom. The zero-order valence-electron chi connectivity index (χ0n) is 16.0. The molecular formula is C19H23N2O7+. The van der Waals surface area contributed by atoms with Gasteiger partial charge < -0.3 is 29.3 Å². The first-order valence-corrected chi connectivity index (χ1v) is 9.05. The van der Waals surface area contributed by atoms with E-state index >= 15 is 0 Å². The topological polar surface area (TPSA) is 110 Å². The molecule has 0 aliphatic carbocycles. The first-order valence-electron chi connectivity index (χ1n) is 9.05. The van der Waals surface area contributed by atoms with Crippen molar-refractivity contribution < 1.29 is 38.6 Å². The van der Waals surface area contributed by atoms with Crippen LogP contribution in [-0.4, -0.2) is 63.1 Å². The van der Waals surface area contributed by atoms with Gasteiger partial charge in [0.1, 0.15) is 5.60 Å². The number of nitrogens with zero attached hydrogens (tertiary/aromatic N) is 2. The van der Waals surface area contributed by atoms with Crippen molar-refractivity contribution in [2.45, 2.75) is 50.9 Å². The highest BCUT2D eigenvalue weighted by atomic mass is 16.7. The monoisotopic (exact) mass is 391 g/mol. The fourth-order valence-corrected chi connectivity index (χ4v) is 3.65. The van der Waals surface area contributed by atoms with Gasteiger partial charge in [-0.2, -0.15) is 0 Å². The third kappa shape index (κ3) is 3.32. The maximum atomic E-state index is 11.8. The summed E-state index contributed by atoms with van der Waals surface area (Å²) in [6, 6.07) is 4.54. The Kier molecular flexibility index (Phi) is 4.13. The smallest absolute Gasteiger partial charge is 0.476 e. The average Bonchev–Trinajstić information content (AvgIpc) is 3.31. The van der Waals surface area contributed by atoms with E-state index in [1.165, 1.54) is 4.58 Å². The van der Waals surface area contributed by atoms with Crippen molar-refractivity contribution >= 4 is 17.8 Å². The van der Waals surface area contributed by atoms with Gasteiger partial charge in [0.15, 0.2) is 18.0 Å². The molecule has 0 aromatic heterocycles. The molecule has 1 fully saturated rings. The lowest BCUT2D eigenvalue weighted by atomic mass is 9.91. The number of carboxylic acids is 1. The quantitative estimate of drug-likeness (QED) is 0.585. The Hall–Kier alpha value is -2.97. The number of hydrogen-bond acceptors (Lipinski definition) is 6. The van der Waals surface area contributed by atoms with Gasteiger partial charge in [0, 0.05) is 12.0 Å². The van der Waals surface area contributed by atoms with E-state index < -0.39 is 29.3 Å². The second kappa shape index (κ2) is 6.29. The molecule has 150 valence electrons. The lowest BCUT2D eigenvalue weighted by Crippen LogP contribution is -2.38. The molecule has 4 rings (SSSR count). The number of oxime groups is 1. The van der Waals surface area contributed by atoms with Gasteiger partial charge in [0.2, 0.25) is 12.4 Å². The highest BCUT2D eigenvalue weighted by molar-refractivity contribution is 6.02. The van der Waals surface area contributed by atoms with E-state index in [9.17, 15) is 15.0 Å². The van der Waals surface area contributed by atoms with Gasteiger partial charge in [-0.25, -0.2) is 4.79 Å². The second-order valence-corrected chi connectivity index (χ2v) is 8.24. The molecular weight excluding hydrogens is 368 g/mol. The predicted molar refractivity (Wildman–Crippen MR) is 97.2 cm³/mol. The third-order valence-electron chi connectivity index (χ3n) is 4.87. The van der Waals surface area contributed by atoms with Crippen molar-refractivity contribution in [1.29, 1.82) is 0 Å². The second-order valence-electron chi connectivity index (χ2n) is 8.24. The number of hydrogen-bond donors (Lipinski definition) is 2. The number of fused-ring (bicyclic) bond motifs is 1. The van der Waals surface area contributed by atoms with Crippen LogP contribution in [0, 0.1) is 0 Å². The highest BCUT2D eigenvalue weighted by Crippen LogP contribution is 2.39. The summed E-state index contributed by atoms with van der Waals surface area (Å²) >= 11 is 0. The summed E-state index contributed by atoms with van der Waals surface area (Å²) < 4.78 is 17.5. The Morgan fingerprint density at radius 2 is 2.04 bits per heavy atom. The number of rotatable bonds is 2. The van der Waals surface area contributed by atoms with Gasteiger partial charge in [0.05, 0.1) is 12.1 Å². The molecule has 2 N–H and O–H groups in total. The molecule has 1 spiro atoms. The van der Waals surface area contributed by atoms with Crippen LogP contribution in [0.5, 0.6) is 11.5 Å². The SMILES string of the molecule is CC(C)(C)OC(O)=[N+]1C[C@@]2(CC(c3ccc4c(c3)OCO4)=NO2)C[C@H]1C(=O)O. The molecule has 1 saturated heterocycles. The van der Waals surface area contributed by atoms with Crippen LogP contribution in [0.4, 0.5) is 0 Å². The minimum atomic E-state index is -1.05. The first kappa shape index (κ1) is 18.4. The lowest BCUT2D eigenvalue weighted by molar-refractivity contribution is -0.557. The van der Waals surface area contributed by atoms with Gasteiger partial charge in [0.25, 0.3) is 6.04 Å². The Bertz CT molecular complexity index is 887. The molecule has 0 radical (unpaired) electrons. The molecule has 28 heavy (non-hydrogen) atoms. The van der Waals surface area contributed by atoms with Crippen LogP contribution in [-0.2, 0) is 14.4 Å². The van der Waals surface area contributed by atoms with Crippen LogP contribution in [0.1, 0.15) is 39.2 Å². The number of aliphatic carboxylic acids is 1. The van der Waals surface area contributed by atoms with Crippen molar-refractivity contribution in [3.05, 3.63) is 23.8 Å². The van der Waals surface area contributed by atoms with E-state index in [0.29, 0.717) is 23.6 Å². The summed E-state index contributed by atoms with van der Waals surface area (Å²) in [4.78, 5) is 17.5. The summed E-state index contributed by atoms with van der Waals surface area (Å²) in [5, 5.41) is 24.2. The third-order valence-corrected chi connectivity index (χ3v) is 4.87. The van der Waals surface area contributed by atoms with Gasteiger partial charge in [-0.1, -0.05) is 5.16 Å². The zero-order valence-corrected chi connectivity index (χ0v) is 16.0. The number of carbonyl (C=O) groups is 1. The van der Waals surface area contributed by atoms with E-state index in [4.69, 9.17) is 19.0 Å².